The first kappa shape index (κ1) is 64.4. The van der Waals surface area contributed by atoms with E-state index in [0.29, 0.717) is 19.3 Å². The molecule has 0 radical (unpaired) electrons. The molecule has 0 N–H and O–H groups in total. The van der Waals surface area contributed by atoms with Gasteiger partial charge < -0.3 is 14.2 Å². The standard InChI is InChI=1S/C61H110O6/c1-4-7-10-13-16-19-22-25-28-30-33-36-39-42-45-48-51-54-60(63)66-57-58(56-65-59(62)53-50-47-44-41-38-35-32-27-24-21-18-15-12-9-6-3)67-61(64)55-52-49-46-43-40-37-34-31-29-26-23-20-17-14-11-8-5-2/h16,19,21,24-25,28,33,36,58H,4-15,17-18,20,22-23,26-27,29-32,34-35,37-57H2,1-3H3/b19-16+,24-21+,28-25+,36-33+/t58-/m1/s1. The zero-order valence-electron chi connectivity index (χ0n) is 44.7. The SMILES string of the molecule is CCCCC/C=C/C/C=C/C/C=C/CCCCCCC(=O)OC[C@@H](COC(=O)CCCCCCCCC/C=C/CCCCCC)OC(=O)CCCCCCCCCCCCCCCCCCC. The van der Waals surface area contributed by atoms with Gasteiger partial charge in [-0.05, 0) is 83.5 Å². The first-order valence-electron chi connectivity index (χ1n) is 29.1. The minimum atomic E-state index is -0.782. The smallest absolute Gasteiger partial charge is 0.306 e. The second kappa shape index (κ2) is 56.0. The molecule has 0 spiro atoms. The normalized spacial score (nSPS) is 12.3. The van der Waals surface area contributed by atoms with Gasteiger partial charge in [0.05, 0.1) is 0 Å². The van der Waals surface area contributed by atoms with Crippen LogP contribution in [0.3, 0.4) is 0 Å². The van der Waals surface area contributed by atoms with Crippen molar-refractivity contribution in [2.45, 2.75) is 309 Å². The van der Waals surface area contributed by atoms with Crippen LogP contribution >= 0.6 is 0 Å². The Hall–Kier alpha value is -2.63. The van der Waals surface area contributed by atoms with Crippen molar-refractivity contribution >= 4 is 17.9 Å². The summed E-state index contributed by atoms with van der Waals surface area (Å²) in [4.78, 5) is 38.2. The third-order valence-corrected chi connectivity index (χ3v) is 12.8. The minimum Gasteiger partial charge on any atom is -0.462 e. The number of carbonyl (C=O) groups is 3. The fraction of sp³-hybridized carbons (Fsp3) is 0.820. The summed E-state index contributed by atoms with van der Waals surface area (Å²) >= 11 is 0. The van der Waals surface area contributed by atoms with E-state index in [0.717, 1.165) is 83.5 Å². The molecule has 1 atom stereocenters. The molecule has 0 rings (SSSR count). The first-order chi connectivity index (χ1) is 33.0. The lowest BCUT2D eigenvalue weighted by molar-refractivity contribution is -0.167. The monoisotopic (exact) mass is 939 g/mol. The summed E-state index contributed by atoms with van der Waals surface area (Å²) in [5.41, 5.74) is 0. The van der Waals surface area contributed by atoms with Crippen LogP contribution in [0, 0.1) is 0 Å². The molecular formula is C61H110O6. The molecule has 0 aromatic heterocycles. The number of hydrogen-bond donors (Lipinski definition) is 0. The highest BCUT2D eigenvalue weighted by Crippen LogP contribution is 2.16. The highest BCUT2D eigenvalue weighted by Gasteiger charge is 2.19. The Morgan fingerprint density at radius 2 is 0.537 bits per heavy atom. The van der Waals surface area contributed by atoms with Gasteiger partial charge in [0.2, 0.25) is 0 Å². The molecule has 0 fully saturated rings. The van der Waals surface area contributed by atoms with Gasteiger partial charge in [-0.15, -0.1) is 0 Å². The van der Waals surface area contributed by atoms with Gasteiger partial charge in [-0.1, -0.05) is 249 Å². The zero-order valence-corrected chi connectivity index (χ0v) is 44.7. The molecule has 0 saturated carbocycles. The molecule has 0 aliphatic carbocycles. The fourth-order valence-electron chi connectivity index (χ4n) is 8.39. The quantitative estimate of drug-likeness (QED) is 0.0262. The van der Waals surface area contributed by atoms with Crippen LogP contribution in [-0.4, -0.2) is 37.2 Å². The highest BCUT2D eigenvalue weighted by atomic mass is 16.6. The van der Waals surface area contributed by atoms with E-state index in [1.54, 1.807) is 0 Å². The van der Waals surface area contributed by atoms with Crippen LogP contribution in [0.4, 0.5) is 0 Å². The van der Waals surface area contributed by atoms with Gasteiger partial charge >= 0.3 is 17.9 Å². The Bertz CT molecular complexity index is 1170. The van der Waals surface area contributed by atoms with Crippen LogP contribution in [0.5, 0.6) is 0 Å². The van der Waals surface area contributed by atoms with Crippen LogP contribution in [0.15, 0.2) is 48.6 Å². The van der Waals surface area contributed by atoms with Gasteiger partial charge in [-0.3, -0.25) is 14.4 Å². The molecule has 6 heteroatoms. The largest absolute Gasteiger partial charge is 0.462 e. The third kappa shape index (κ3) is 54.2. The van der Waals surface area contributed by atoms with Crippen molar-refractivity contribution in [3.05, 3.63) is 48.6 Å². The number of carbonyl (C=O) groups excluding carboxylic acids is 3. The fourth-order valence-corrected chi connectivity index (χ4v) is 8.39. The molecule has 0 aromatic carbocycles. The van der Waals surface area contributed by atoms with E-state index in [4.69, 9.17) is 14.2 Å². The van der Waals surface area contributed by atoms with Crippen LogP contribution < -0.4 is 0 Å². The zero-order chi connectivity index (χ0) is 48.6. The topological polar surface area (TPSA) is 78.9 Å². The number of unbranched alkanes of at least 4 members (excludes halogenated alkanes) is 34. The van der Waals surface area contributed by atoms with Crippen molar-refractivity contribution in [1.29, 1.82) is 0 Å². The summed E-state index contributed by atoms with van der Waals surface area (Å²) < 4.78 is 16.9. The molecule has 0 aliphatic rings. The van der Waals surface area contributed by atoms with E-state index in [1.165, 1.54) is 180 Å². The van der Waals surface area contributed by atoms with Crippen molar-refractivity contribution in [1.82, 2.24) is 0 Å². The summed E-state index contributed by atoms with van der Waals surface area (Å²) in [5, 5.41) is 0. The molecule has 0 aromatic rings. The van der Waals surface area contributed by atoms with Crippen molar-refractivity contribution in [2.24, 2.45) is 0 Å². The molecule has 0 unspecified atom stereocenters. The van der Waals surface area contributed by atoms with E-state index in [1.807, 2.05) is 0 Å². The average Bonchev–Trinajstić information content (AvgIpc) is 3.33. The lowest BCUT2D eigenvalue weighted by Gasteiger charge is -2.18. The Labute approximate surface area is 416 Å². The predicted molar refractivity (Wildman–Crippen MR) is 289 cm³/mol. The lowest BCUT2D eigenvalue weighted by atomic mass is 10.0. The van der Waals surface area contributed by atoms with E-state index in [-0.39, 0.29) is 31.1 Å². The average molecular weight is 940 g/mol. The molecule has 0 saturated heterocycles. The van der Waals surface area contributed by atoms with Gasteiger partial charge in [-0.2, -0.15) is 0 Å². The van der Waals surface area contributed by atoms with Crippen molar-refractivity contribution in [3.63, 3.8) is 0 Å². The van der Waals surface area contributed by atoms with Gasteiger partial charge in [-0.25, -0.2) is 0 Å². The van der Waals surface area contributed by atoms with E-state index in [2.05, 4.69) is 69.4 Å². The maximum atomic E-state index is 12.9. The number of ether oxygens (including phenoxy) is 3. The number of allylic oxidation sites excluding steroid dienone is 8. The summed E-state index contributed by atoms with van der Waals surface area (Å²) in [5.74, 6) is -0.890. The number of rotatable bonds is 53. The maximum absolute atomic E-state index is 12.9. The lowest BCUT2D eigenvalue weighted by Crippen LogP contribution is -2.30. The van der Waals surface area contributed by atoms with E-state index >= 15 is 0 Å². The summed E-state index contributed by atoms with van der Waals surface area (Å²) in [6.45, 7) is 6.61. The Kier molecular flexibility index (Phi) is 53.8. The van der Waals surface area contributed by atoms with E-state index in [9.17, 15) is 14.4 Å². The van der Waals surface area contributed by atoms with Crippen molar-refractivity contribution < 1.29 is 28.6 Å². The highest BCUT2D eigenvalue weighted by molar-refractivity contribution is 5.71. The number of esters is 3. The molecular weight excluding hydrogens is 829 g/mol. The van der Waals surface area contributed by atoms with Gasteiger partial charge in [0.1, 0.15) is 13.2 Å². The minimum absolute atomic E-state index is 0.0798. The molecule has 390 valence electrons. The van der Waals surface area contributed by atoms with Crippen molar-refractivity contribution in [2.75, 3.05) is 13.2 Å². The summed E-state index contributed by atoms with van der Waals surface area (Å²) in [7, 11) is 0. The molecule has 0 bridgehead atoms. The molecule has 67 heavy (non-hydrogen) atoms. The molecule has 0 amide bonds. The number of hydrogen-bond acceptors (Lipinski definition) is 6. The second-order valence-corrected chi connectivity index (χ2v) is 19.6. The first-order valence-corrected chi connectivity index (χ1v) is 29.1. The molecule has 6 nitrogen and oxygen atoms in total. The second-order valence-electron chi connectivity index (χ2n) is 19.6. The summed E-state index contributed by atoms with van der Waals surface area (Å²) in [6.07, 6.45) is 68.1. The van der Waals surface area contributed by atoms with Crippen LogP contribution in [0.2, 0.25) is 0 Å². The van der Waals surface area contributed by atoms with Crippen molar-refractivity contribution in [3.8, 4) is 0 Å². The maximum Gasteiger partial charge on any atom is 0.306 e. The Morgan fingerprint density at radius 3 is 0.896 bits per heavy atom. The Morgan fingerprint density at radius 1 is 0.299 bits per heavy atom. The molecule has 0 heterocycles. The van der Waals surface area contributed by atoms with Crippen LogP contribution in [-0.2, 0) is 28.6 Å². The van der Waals surface area contributed by atoms with Crippen LogP contribution in [0.25, 0.3) is 0 Å². The van der Waals surface area contributed by atoms with Gasteiger partial charge in [0.25, 0.3) is 0 Å². The molecule has 0 aliphatic heterocycles. The van der Waals surface area contributed by atoms with Gasteiger partial charge in [0.15, 0.2) is 6.10 Å². The Balaban J connectivity index is 4.39. The van der Waals surface area contributed by atoms with E-state index < -0.39 is 6.10 Å². The summed E-state index contributed by atoms with van der Waals surface area (Å²) in [6, 6.07) is 0. The predicted octanol–water partition coefficient (Wildman–Crippen LogP) is 19.4. The van der Waals surface area contributed by atoms with Crippen LogP contribution in [0.1, 0.15) is 303 Å². The third-order valence-electron chi connectivity index (χ3n) is 12.8. The van der Waals surface area contributed by atoms with Gasteiger partial charge in [0, 0.05) is 19.3 Å².